The highest BCUT2D eigenvalue weighted by atomic mass is 16.6. The lowest BCUT2D eigenvalue weighted by Gasteiger charge is -2.03. The molecule has 0 radical (unpaired) electrons. The van der Waals surface area contributed by atoms with Gasteiger partial charge in [0, 0.05) is 6.07 Å². The van der Waals surface area contributed by atoms with Crippen molar-refractivity contribution in [3.8, 4) is 17.2 Å². The van der Waals surface area contributed by atoms with Crippen LogP contribution in [0.4, 0.5) is 0 Å². The maximum absolute atomic E-state index is 9.16. The minimum atomic E-state index is 0.00968. The highest BCUT2D eigenvalue weighted by Gasteiger charge is 2.01. The van der Waals surface area contributed by atoms with Crippen LogP contribution >= 0.6 is 0 Å². The quantitative estimate of drug-likeness (QED) is 0.615. The standard InChI is InChI=1S/C7H9NO3/c1-10-7-3-2-5(11-8)4-6(7)9/h2-4,9H,8H2,1H3. The molecule has 0 aliphatic heterocycles. The van der Waals surface area contributed by atoms with E-state index in [1.807, 2.05) is 0 Å². The van der Waals surface area contributed by atoms with E-state index in [-0.39, 0.29) is 5.75 Å². The molecule has 0 bridgehead atoms. The second kappa shape index (κ2) is 3.12. The Morgan fingerprint density at radius 2 is 2.18 bits per heavy atom. The van der Waals surface area contributed by atoms with Crippen molar-refractivity contribution in [3.63, 3.8) is 0 Å². The summed E-state index contributed by atoms with van der Waals surface area (Å²) in [6.07, 6.45) is 0. The first-order valence-electron chi connectivity index (χ1n) is 3.01. The fraction of sp³-hybridized carbons (Fsp3) is 0.143. The molecule has 4 heteroatoms. The first kappa shape index (κ1) is 7.68. The molecule has 0 atom stereocenters. The van der Waals surface area contributed by atoms with Gasteiger partial charge in [0.1, 0.15) is 0 Å². The summed E-state index contributed by atoms with van der Waals surface area (Å²) in [6.45, 7) is 0. The Bertz CT molecular complexity index is 249. The maximum atomic E-state index is 9.16. The van der Waals surface area contributed by atoms with Gasteiger partial charge in [0.25, 0.3) is 0 Å². The molecule has 11 heavy (non-hydrogen) atoms. The molecule has 0 aliphatic rings. The third-order valence-corrected chi connectivity index (χ3v) is 1.29. The molecule has 4 nitrogen and oxygen atoms in total. The van der Waals surface area contributed by atoms with Crippen LogP contribution in [0.5, 0.6) is 17.2 Å². The lowest BCUT2D eigenvalue weighted by molar-refractivity contribution is 0.327. The summed E-state index contributed by atoms with van der Waals surface area (Å²) in [5, 5.41) is 9.16. The van der Waals surface area contributed by atoms with Gasteiger partial charge in [-0.2, -0.15) is 5.90 Å². The summed E-state index contributed by atoms with van der Waals surface area (Å²) in [5.74, 6) is 5.65. The van der Waals surface area contributed by atoms with Gasteiger partial charge in [-0.1, -0.05) is 0 Å². The fourth-order valence-corrected chi connectivity index (χ4v) is 0.743. The van der Waals surface area contributed by atoms with E-state index in [2.05, 4.69) is 4.84 Å². The molecule has 1 aromatic carbocycles. The molecule has 0 heterocycles. The zero-order valence-corrected chi connectivity index (χ0v) is 6.07. The van der Waals surface area contributed by atoms with Gasteiger partial charge >= 0.3 is 0 Å². The predicted molar refractivity (Wildman–Crippen MR) is 39.5 cm³/mol. The predicted octanol–water partition coefficient (Wildman–Crippen LogP) is 0.653. The molecule has 0 spiro atoms. The molecular weight excluding hydrogens is 146 g/mol. The SMILES string of the molecule is COc1ccc(ON)cc1O. The van der Waals surface area contributed by atoms with Crippen LogP contribution in [0, 0.1) is 0 Å². The average molecular weight is 155 g/mol. The Morgan fingerprint density at radius 3 is 2.64 bits per heavy atom. The van der Waals surface area contributed by atoms with Gasteiger partial charge in [-0.15, -0.1) is 0 Å². The summed E-state index contributed by atoms with van der Waals surface area (Å²) in [5.41, 5.74) is 0. The van der Waals surface area contributed by atoms with Crippen molar-refractivity contribution in [2.24, 2.45) is 5.90 Å². The monoisotopic (exact) mass is 155 g/mol. The molecule has 0 aromatic heterocycles. The van der Waals surface area contributed by atoms with E-state index in [9.17, 15) is 0 Å². The van der Waals surface area contributed by atoms with Gasteiger partial charge in [0.15, 0.2) is 17.2 Å². The van der Waals surface area contributed by atoms with Crippen molar-refractivity contribution >= 4 is 0 Å². The second-order valence-corrected chi connectivity index (χ2v) is 1.95. The van der Waals surface area contributed by atoms with E-state index >= 15 is 0 Å². The third kappa shape index (κ3) is 1.53. The summed E-state index contributed by atoms with van der Waals surface area (Å²) < 4.78 is 4.80. The normalized spacial score (nSPS) is 9.27. The summed E-state index contributed by atoms with van der Waals surface area (Å²) >= 11 is 0. The summed E-state index contributed by atoms with van der Waals surface area (Å²) in [4.78, 5) is 4.38. The van der Waals surface area contributed by atoms with E-state index in [4.69, 9.17) is 15.7 Å². The highest BCUT2D eigenvalue weighted by Crippen LogP contribution is 2.28. The molecule has 0 unspecified atom stereocenters. The van der Waals surface area contributed by atoms with Gasteiger partial charge in [-0.05, 0) is 12.1 Å². The summed E-state index contributed by atoms with van der Waals surface area (Å²) in [7, 11) is 1.47. The van der Waals surface area contributed by atoms with Crippen molar-refractivity contribution in [1.82, 2.24) is 0 Å². The van der Waals surface area contributed by atoms with Crippen LogP contribution in [-0.2, 0) is 0 Å². The average Bonchev–Trinajstić information content (AvgIpc) is 2.04. The number of ether oxygens (including phenoxy) is 1. The molecule has 3 N–H and O–H groups in total. The Balaban J connectivity index is 2.99. The number of hydrogen-bond acceptors (Lipinski definition) is 4. The molecule has 1 rings (SSSR count). The van der Waals surface area contributed by atoms with Crippen LogP contribution in [0.2, 0.25) is 0 Å². The molecule has 60 valence electrons. The Kier molecular flexibility index (Phi) is 2.18. The molecule has 1 aromatic rings. The summed E-state index contributed by atoms with van der Waals surface area (Å²) in [6, 6.07) is 4.54. The van der Waals surface area contributed by atoms with Crippen LogP contribution in [-0.4, -0.2) is 12.2 Å². The molecular formula is C7H9NO3. The highest BCUT2D eigenvalue weighted by molar-refractivity contribution is 5.44. The largest absolute Gasteiger partial charge is 0.504 e. The maximum Gasteiger partial charge on any atom is 0.161 e. The minimum Gasteiger partial charge on any atom is -0.504 e. The van der Waals surface area contributed by atoms with Gasteiger partial charge in [0.05, 0.1) is 7.11 Å². The molecule has 0 saturated carbocycles. The minimum absolute atomic E-state index is 0.00968. The van der Waals surface area contributed by atoms with E-state index in [1.165, 1.54) is 13.2 Å². The van der Waals surface area contributed by atoms with E-state index in [0.717, 1.165) is 0 Å². The Morgan fingerprint density at radius 1 is 1.45 bits per heavy atom. The zero-order valence-electron chi connectivity index (χ0n) is 6.07. The van der Waals surface area contributed by atoms with Crippen molar-refractivity contribution in [2.45, 2.75) is 0 Å². The fourth-order valence-electron chi connectivity index (χ4n) is 0.743. The first-order valence-corrected chi connectivity index (χ1v) is 3.01. The molecule has 0 aliphatic carbocycles. The van der Waals surface area contributed by atoms with E-state index in [0.29, 0.717) is 11.5 Å². The third-order valence-electron chi connectivity index (χ3n) is 1.29. The Hall–Kier alpha value is -1.42. The molecule has 0 fully saturated rings. The van der Waals surface area contributed by atoms with Crippen LogP contribution in [0.1, 0.15) is 0 Å². The van der Waals surface area contributed by atoms with Crippen LogP contribution in [0.15, 0.2) is 18.2 Å². The van der Waals surface area contributed by atoms with Crippen LogP contribution < -0.4 is 15.5 Å². The van der Waals surface area contributed by atoms with E-state index < -0.39 is 0 Å². The number of phenols is 1. The lowest BCUT2D eigenvalue weighted by atomic mass is 10.3. The van der Waals surface area contributed by atoms with Gasteiger partial charge in [-0.3, -0.25) is 0 Å². The smallest absolute Gasteiger partial charge is 0.161 e. The van der Waals surface area contributed by atoms with Crippen molar-refractivity contribution in [1.29, 1.82) is 0 Å². The number of benzene rings is 1. The first-order chi connectivity index (χ1) is 5.27. The van der Waals surface area contributed by atoms with Gasteiger partial charge in [0.2, 0.25) is 0 Å². The van der Waals surface area contributed by atoms with Crippen molar-refractivity contribution in [2.75, 3.05) is 7.11 Å². The lowest BCUT2D eigenvalue weighted by Crippen LogP contribution is -2.01. The molecule has 0 amide bonds. The van der Waals surface area contributed by atoms with Crippen molar-refractivity contribution in [3.05, 3.63) is 18.2 Å². The Labute approximate surface area is 64.1 Å². The van der Waals surface area contributed by atoms with Gasteiger partial charge < -0.3 is 14.7 Å². The zero-order chi connectivity index (χ0) is 8.27. The number of methoxy groups -OCH3 is 1. The van der Waals surface area contributed by atoms with Crippen molar-refractivity contribution < 1.29 is 14.7 Å². The number of aromatic hydroxyl groups is 1. The number of nitrogens with two attached hydrogens (primary N) is 1. The second-order valence-electron chi connectivity index (χ2n) is 1.95. The number of hydrogen-bond donors (Lipinski definition) is 2. The van der Waals surface area contributed by atoms with Gasteiger partial charge in [-0.25, -0.2) is 0 Å². The van der Waals surface area contributed by atoms with Crippen LogP contribution in [0.25, 0.3) is 0 Å². The molecule has 0 saturated heterocycles. The van der Waals surface area contributed by atoms with Crippen LogP contribution in [0.3, 0.4) is 0 Å². The van der Waals surface area contributed by atoms with E-state index in [1.54, 1.807) is 12.1 Å². The number of rotatable bonds is 2. The topological polar surface area (TPSA) is 64.7 Å². The number of phenolic OH excluding ortho intramolecular Hbond substituents is 1.